The van der Waals surface area contributed by atoms with E-state index >= 15 is 0 Å². The highest BCUT2D eigenvalue weighted by atomic mass is 32.2. The summed E-state index contributed by atoms with van der Waals surface area (Å²) in [6.45, 7) is 4.06. The van der Waals surface area contributed by atoms with Crippen LogP contribution in [0, 0.1) is 6.92 Å². The molecule has 0 fully saturated rings. The lowest BCUT2D eigenvalue weighted by molar-refractivity contribution is 0.135. The maximum atomic E-state index is 13.0. The summed E-state index contributed by atoms with van der Waals surface area (Å²) < 4.78 is 27.1. The van der Waals surface area contributed by atoms with E-state index in [1.54, 1.807) is 6.21 Å². The molecule has 4 nitrogen and oxygen atoms in total. The van der Waals surface area contributed by atoms with Gasteiger partial charge >= 0.3 is 0 Å². The number of alkyl halides is 2. The minimum atomic E-state index is -2.71. The van der Waals surface area contributed by atoms with Gasteiger partial charge in [-0.1, -0.05) is 54.9 Å². The summed E-state index contributed by atoms with van der Waals surface area (Å²) in [6, 6.07) is 7.65. The molecule has 2 rings (SSSR count). The predicted octanol–water partition coefficient (Wildman–Crippen LogP) is 4.30. The molecule has 0 amide bonds. The minimum Gasteiger partial charge on any atom is -0.201 e. The fraction of sp³-hybridized carbons (Fsp3) is 0.400. The summed E-state index contributed by atoms with van der Waals surface area (Å²) in [5.74, 6) is 0.375. The normalized spacial score (nSPS) is 11.7. The van der Waals surface area contributed by atoms with Gasteiger partial charge in [0.1, 0.15) is 0 Å². The number of aromatic nitrogens is 3. The number of unbranched alkanes of at least 4 members (excludes halogenated alkanes) is 1. The van der Waals surface area contributed by atoms with Crippen molar-refractivity contribution in [2.45, 2.75) is 38.3 Å². The van der Waals surface area contributed by atoms with Crippen LogP contribution in [-0.2, 0) is 0 Å². The molecule has 0 aliphatic heterocycles. The first-order chi connectivity index (χ1) is 10.6. The summed E-state index contributed by atoms with van der Waals surface area (Å²) in [7, 11) is 0. The fourth-order valence-electron chi connectivity index (χ4n) is 1.70. The number of aryl methyl sites for hydroxylation is 1. The Morgan fingerprint density at radius 2 is 2.00 bits per heavy atom. The molecule has 0 bridgehead atoms. The van der Waals surface area contributed by atoms with Crippen molar-refractivity contribution in [2.24, 2.45) is 5.10 Å². The zero-order chi connectivity index (χ0) is 15.9. The number of benzene rings is 1. The highest BCUT2D eigenvalue weighted by Crippen LogP contribution is 2.23. The molecule has 0 spiro atoms. The molecule has 22 heavy (non-hydrogen) atoms. The van der Waals surface area contributed by atoms with Crippen LogP contribution in [0.25, 0.3) is 0 Å². The molecule has 0 saturated heterocycles. The number of nitrogens with zero attached hydrogens (tertiary/aromatic N) is 4. The van der Waals surface area contributed by atoms with E-state index in [1.165, 1.54) is 11.8 Å². The first-order valence-corrected chi connectivity index (χ1v) is 8.07. The lowest BCUT2D eigenvalue weighted by Gasteiger charge is -2.03. The van der Waals surface area contributed by atoms with Gasteiger partial charge in [-0.2, -0.15) is 9.78 Å². The van der Waals surface area contributed by atoms with Crippen molar-refractivity contribution < 1.29 is 8.78 Å². The Hall–Kier alpha value is -1.76. The van der Waals surface area contributed by atoms with E-state index in [2.05, 4.69) is 22.2 Å². The van der Waals surface area contributed by atoms with Crippen LogP contribution in [0.15, 0.2) is 34.5 Å². The Morgan fingerprint density at radius 3 is 2.64 bits per heavy atom. The summed E-state index contributed by atoms with van der Waals surface area (Å²) >= 11 is 1.39. The van der Waals surface area contributed by atoms with Crippen LogP contribution in [0.4, 0.5) is 8.78 Å². The van der Waals surface area contributed by atoms with Crippen LogP contribution in [0.2, 0.25) is 0 Å². The van der Waals surface area contributed by atoms with Gasteiger partial charge in [-0.3, -0.25) is 0 Å². The van der Waals surface area contributed by atoms with Crippen LogP contribution in [0.3, 0.4) is 0 Å². The molecule has 118 valence electrons. The smallest absolute Gasteiger partial charge is 0.201 e. The lowest BCUT2D eigenvalue weighted by Crippen LogP contribution is -2.01. The quantitative estimate of drug-likeness (QED) is 0.433. The van der Waals surface area contributed by atoms with Crippen molar-refractivity contribution in [3.8, 4) is 0 Å². The molecule has 1 heterocycles. The third-order valence-corrected chi connectivity index (χ3v) is 3.97. The van der Waals surface area contributed by atoms with E-state index in [1.807, 2.05) is 31.2 Å². The Kier molecular flexibility index (Phi) is 6.06. The van der Waals surface area contributed by atoms with E-state index in [4.69, 9.17) is 0 Å². The van der Waals surface area contributed by atoms with Crippen molar-refractivity contribution >= 4 is 18.0 Å². The molecular weight excluding hydrogens is 306 g/mol. The molecule has 2 aromatic rings. The summed E-state index contributed by atoms with van der Waals surface area (Å²) in [4.78, 5) is 0. The molecule has 0 N–H and O–H groups in total. The van der Waals surface area contributed by atoms with Crippen molar-refractivity contribution in [1.82, 2.24) is 14.9 Å². The van der Waals surface area contributed by atoms with E-state index < -0.39 is 12.2 Å². The zero-order valence-corrected chi connectivity index (χ0v) is 13.4. The summed E-state index contributed by atoms with van der Waals surface area (Å²) in [6.07, 6.45) is 0.861. The number of rotatable bonds is 7. The van der Waals surface area contributed by atoms with Crippen LogP contribution in [0.5, 0.6) is 0 Å². The summed E-state index contributed by atoms with van der Waals surface area (Å²) in [5.41, 5.74) is 1.97. The van der Waals surface area contributed by atoms with Gasteiger partial charge in [0.2, 0.25) is 11.0 Å². The molecule has 0 aliphatic rings. The fourth-order valence-corrected chi connectivity index (χ4v) is 2.67. The largest absolute Gasteiger partial charge is 0.299 e. The second-order valence-electron chi connectivity index (χ2n) is 4.81. The molecule has 1 aromatic carbocycles. The molecule has 0 unspecified atom stereocenters. The SMILES string of the molecule is CCCCSc1nnc(C(F)F)n1/N=C/c1ccc(C)cc1. The van der Waals surface area contributed by atoms with Gasteiger partial charge in [0.15, 0.2) is 0 Å². The molecule has 7 heteroatoms. The van der Waals surface area contributed by atoms with E-state index in [-0.39, 0.29) is 0 Å². The molecule has 0 atom stereocenters. The van der Waals surface area contributed by atoms with Crippen molar-refractivity contribution in [3.05, 3.63) is 41.2 Å². The summed E-state index contributed by atoms with van der Waals surface area (Å²) in [5, 5.41) is 11.9. The monoisotopic (exact) mass is 324 g/mol. The van der Waals surface area contributed by atoms with Crippen LogP contribution >= 0.6 is 11.8 Å². The van der Waals surface area contributed by atoms with Crippen LogP contribution < -0.4 is 0 Å². The average Bonchev–Trinajstić information content (AvgIpc) is 2.90. The molecule has 0 aliphatic carbocycles. The standard InChI is InChI=1S/C15H18F2N4S/c1-3-4-9-22-15-20-19-14(13(16)17)21(15)18-10-12-7-5-11(2)6-8-12/h5-8,10,13H,3-4,9H2,1-2H3/b18-10+. The highest BCUT2D eigenvalue weighted by molar-refractivity contribution is 7.99. The topological polar surface area (TPSA) is 43.1 Å². The Labute approximate surface area is 132 Å². The number of thioether (sulfide) groups is 1. The van der Waals surface area contributed by atoms with E-state index in [9.17, 15) is 8.78 Å². The third-order valence-electron chi connectivity index (χ3n) is 2.96. The van der Waals surface area contributed by atoms with Crippen molar-refractivity contribution in [3.63, 3.8) is 0 Å². The highest BCUT2D eigenvalue weighted by Gasteiger charge is 2.20. The van der Waals surface area contributed by atoms with Gasteiger partial charge in [0.25, 0.3) is 6.43 Å². The molecular formula is C15H18F2N4S. The van der Waals surface area contributed by atoms with Gasteiger partial charge in [0, 0.05) is 5.75 Å². The first kappa shape index (κ1) is 16.6. The van der Waals surface area contributed by atoms with Crippen LogP contribution in [-0.4, -0.2) is 26.8 Å². The molecule has 0 saturated carbocycles. The number of halogens is 2. The van der Waals surface area contributed by atoms with Gasteiger partial charge in [-0.05, 0) is 18.9 Å². The lowest BCUT2D eigenvalue weighted by atomic mass is 10.2. The maximum Gasteiger partial charge on any atom is 0.299 e. The van der Waals surface area contributed by atoms with E-state index in [0.717, 1.165) is 34.4 Å². The van der Waals surface area contributed by atoms with Gasteiger partial charge in [0.05, 0.1) is 6.21 Å². The van der Waals surface area contributed by atoms with Crippen molar-refractivity contribution in [2.75, 3.05) is 5.75 Å². The minimum absolute atomic E-state index is 0.395. The molecule has 1 aromatic heterocycles. The zero-order valence-electron chi connectivity index (χ0n) is 12.5. The third kappa shape index (κ3) is 4.37. The molecule has 0 radical (unpaired) electrons. The Morgan fingerprint density at radius 1 is 1.27 bits per heavy atom. The Bertz CT molecular complexity index is 623. The predicted molar refractivity (Wildman–Crippen MR) is 84.8 cm³/mol. The van der Waals surface area contributed by atoms with Gasteiger partial charge in [-0.15, -0.1) is 10.2 Å². The van der Waals surface area contributed by atoms with Crippen LogP contribution in [0.1, 0.15) is 43.1 Å². The van der Waals surface area contributed by atoms with Gasteiger partial charge < -0.3 is 0 Å². The number of hydrogen-bond acceptors (Lipinski definition) is 4. The maximum absolute atomic E-state index is 13.0. The second-order valence-corrected chi connectivity index (χ2v) is 5.87. The van der Waals surface area contributed by atoms with Crippen molar-refractivity contribution in [1.29, 1.82) is 0 Å². The first-order valence-electron chi connectivity index (χ1n) is 7.09. The van der Waals surface area contributed by atoms with Gasteiger partial charge in [-0.25, -0.2) is 8.78 Å². The number of hydrogen-bond donors (Lipinski definition) is 0. The van der Waals surface area contributed by atoms with E-state index in [0.29, 0.717) is 5.16 Å². The second kappa shape index (κ2) is 8.03. The average molecular weight is 324 g/mol. The Balaban J connectivity index is 2.22.